The van der Waals surface area contributed by atoms with Gasteiger partial charge in [-0.1, -0.05) is 18.2 Å². The van der Waals surface area contributed by atoms with Crippen molar-refractivity contribution >= 4 is 11.8 Å². The third-order valence-electron chi connectivity index (χ3n) is 2.64. The minimum absolute atomic E-state index is 0.219. The predicted molar refractivity (Wildman–Crippen MR) is 56.8 cm³/mol. The van der Waals surface area contributed by atoms with Gasteiger partial charge in [0.2, 0.25) is 0 Å². The van der Waals surface area contributed by atoms with Gasteiger partial charge in [-0.3, -0.25) is 0 Å². The molecule has 1 saturated heterocycles. The first-order valence-electron chi connectivity index (χ1n) is 4.79. The van der Waals surface area contributed by atoms with Crippen molar-refractivity contribution in [3.05, 3.63) is 35.6 Å². The van der Waals surface area contributed by atoms with Crippen molar-refractivity contribution in [2.45, 2.75) is 12.5 Å². The molecule has 1 aromatic carbocycles. The average molecular weight is 212 g/mol. The smallest absolute Gasteiger partial charge is 0.129 e. The van der Waals surface area contributed by atoms with Crippen LogP contribution >= 0.6 is 11.8 Å². The summed E-state index contributed by atoms with van der Waals surface area (Å²) in [5.41, 5.74) is 0.444. The van der Waals surface area contributed by atoms with Crippen molar-refractivity contribution in [1.82, 2.24) is 0 Å². The van der Waals surface area contributed by atoms with Crippen LogP contribution in [0.5, 0.6) is 0 Å². The Hall–Kier alpha value is -0.540. The molecule has 1 aliphatic rings. The predicted octanol–water partition coefficient (Wildman–Crippen LogP) is 2.61. The normalized spacial score (nSPS) is 23.7. The molecule has 0 aromatic heterocycles. The largest absolute Gasteiger partial charge is 0.388 e. The van der Waals surface area contributed by atoms with Gasteiger partial charge >= 0.3 is 0 Å². The number of hydrogen-bond acceptors (Lipinski definition) is 2. The van der Waals surface area contributed by atoms with Crippen LogP contribution in [0.4, 0.5) is 4.39 Å². The van der Waals surface area contributed by atoms with E-state index in [9.17, 15) is 9.50 Å². The number of benzene rings is 1. The van der Waals surface area contributed by atoms with Gasteiger partial charge < -0.3 is 5.11 Å². The number of aliphatic hydroxyl groups excluding tert-OH is 1. The lowest BCUT2D eigenvalue weighted by atomic mass is 9.95. The molecule has 0 bridgehead atoms. The van der Waals surface area contributed by atoms with Gasteiger partial charge in [-0.15, -0.1) is 0 Å². The zero-order valence-corrected chi connectivity index (χ0v) is 8.64. The fourth-order valence-electron chi connectivity index (χ4n) is 1.77. The molecular weight excluding hydrogens is 199 g/mol. The van der Waals surface area contributed by atoms with Crippen LogP contribution in [0.15, 0.2) is 24.3 Å². The summed E-state index contributed by atoms with van der Waals surface area (Å²) in [7, 11) is 0. The Kier molecular flexibility index (Phi) is 3.08. The standard InChI is InChI=1S/C11H13FOS/c12-10-4-2-1-3-9(10)11(13)8-5-6-14-7-8/h1-4,8,11,13H,5-7H2. The molecule has 1 fully saturated rings. The minimum atomic E-state index is -0.633. The molecule has 2 atom stereocenters. The lowest BCUT2D eigenvalue weighted by molar-refractivity contribution is 0.117. The number of hydrogen-bond donors (Lipinski definition) is 1. The van der Waals surface area contributed by atoms with Gasteiger partial charge in [0.25, 0.3) is 0 Å². The first-order chi connectivity index (χ1) is 6.79. The van der Waals surface area contributed by atoms with Gasteiger partial charge in [-0.2, -0.15) is 11.8 Å². The average Bonchev–Trinajstić information content (AvgIpc) is 2.70. The van der Waals surface area contributed by atoms with Crippen molar-refractivity contribution in [2.24, 2.45) is 5.92 Å². The highest BCUT2D eigenvalue weighted by Crippen LogP contribution is 2.34. The molecule has 1 aliphatic heterocycles. The van der Waals surface area contributed by atoms with Crippen molar-refractivity contribution < 1.29 is 9.50 Å². The van der Waals surface area contributed by atoms with E-state index in [1.807, 2.05) is 11.8 Å². The highest BCUT2D eigenvalue weighted by molar-refractivity contribution is 7.99. The molecule has 0 amide bonds. The quantitative estimate of drug-likeness (QED) is 0.813. The minimum Gasteiger partial charge on any atom is -0.388 e. The molecule has 3 heteroatoms. The van der Waals surface area contributed by atoms with E-state index >= 15 is 0 Å². The SMILES string of the molecule is OC(c1ccccc1F)C1CCSC1. The lowest BCUT2D eigenvalue weighted by Gasteiger charge is -2.17. The third kappa shape index (κ3) is 1.93. The van der Waals surface area contributed by atoms with Crippen LogP contribution in [0, 0.1) is 11.7 Å². The van der Waals surface area contributed by atoms with Crippen LogP contribution in [0.3, 0.4) is 0 Å². The van der Waals surface area contributed by atoms with Crippen molar-refractivity contribution in [3.63, 3.8) is 0 Å². The Labute approximate surface area is 87.3 Å². The van der Waals surface area contributed by atoms with E-state index in [-0.39, 0.29) is 11.7 Å². The molecule has 76 valence electrons. The zero-order valence-electron chi connectivity index (χ0n) is 7.82. The van der Waals surface area contributed by atoms with Gasteiger partial charge in [0.15, 0.2) is 0 Å². The van der Waals surface area contributed by atoms with Crippen LogP contribution in [-0.4, -0.2) is 16.6 Å². The first-order valence-corrected chi connectivity index (χ1v) is 5.95. The zero-order chi connectivity index (χ0) is 9.97. The highest BCUT2D eigenvalue weighted by atomic mass is 32.2. The Morgan fingerprint density at radius 2 is 2.21 bits per heavy atom. The van der Waals surface area contributed by atoms with E-state index in [4.69, 9.17) is 0 Å². The number of rotatable bonds is 2. The summed E-state index contributed by atoms with van der Waals surface area (Å²) in [5.74, 6) is 1.94. The molecule has 2 rings (SSSR count). The summed E-state index contributed by atoms with van der Waals surface area (Å²) in [6.45, 7) is 0. The Balaban J connectivity index is 2.17. The number of thioether (sulfide) groups is 1. The van der Waals surface area contributed by atoms with Crippen molar-refractivity contribution in [2.75, 3.05) is 11.5 Å². The van der Waals surface area contributed by atoms with Gasteiger partial charge in [0, 0.05) is 5.56 Å². The molecule has 1 N–H and O–H groups in total. The second-order valence-corrected chi connectivity index (χ2v) is 4.74. The van der Waals surface area contributed by atoms with E-state index in [0.717, 1.165) is 17.9 Å². The summed E-state index contributed by atoms with van der Waals surface area (Å²) in [4.78, 5) is 0. The topological polar surface area (TPSA) is 20.2 Å². The molecule has 2 unspecified atom stereocenters. The second-order valence-electron chi connectivity index (χ2n) is 3.59. The Morgan fingerprint density at radius 3 is 2.86 bits per heavy atom. The summed E-state index contributed by atoms with van der Waals surface area (Å²) >= 11 is 1.83. The van der Waals surface area contributed by atoms with Gasteiger partial charge in [0.1, 0.15) is 5.82 Å². The van der Waals surface area contributed by atoms with Crippen LogP contribution in [0.25, 0.3) is 0 Å². The van der Waals surface area contributed by atoms with Crippen LogP contribution < -0.4 is 0 Å². The maximum Gasteiger partial charge on any atom is 0.129 e. The van der Waals surface area contributed by atoms with E-state index in [1.54, 1.807) is 18.2 Å². The monoisotopic (exact) mass is 212 g/mol. The Bertz CT molecular complexity index is 310. The van der Waals surface area contributed by atoms with Gasteiger partial charge in [0.05, 0.1) is 6.10 Å². The number of halogens is 1. The molecule has 0 radical (unpaired) electrons. The molecule has 0 spiro atoms. The fourth-order valence-corrected chi connectivity index (χ4v) is 3.06. The van der Waals surface area contributed by atoms with E-state index in [2.05, 4.69) is 0 Å². The highest BCUT2D eigenvalue weighted by Gasteiger charge is 2.26. The molecule has 1 heterocycles. The molecule has 1 aromatic rings. The van der Waals surface area contributed by atoms with Crippen molar-refractivity contribution in [1.29, 1.82) is 0 Å². The van der Waals surface area contributed by atoms with E-state index < -0.39 is 6.10 Å². The van der Waals surface area contributed by atoms with E-state index in [0.29, 0.717) is 5.56 Å². The maximum atomic E-state index is 13.3. The summed E-state index contributed by atoms with van der Waals surface area (Å²) < 4.78 is 13.3. The third-order valence-corrected chi connectivity index (χ3v) is 3.82. The molecular formula is C11H13FOS. The summed E-state index contributed by atoms with van der Waals surface area (Å²) in [6.07, 6.45) is 0.353. The Morgan fingerprint density at radius 1 is 1.43 bits per heavy atom. The fraction of sp³-hybridized carbons (Fsp3) is 0.455. The van der Waals surface area contributed by atoms with Gasteiger partial charge in [-0.25, -0.2) is 4.39 Å². The van der Waals surface area contributed by atoms with Crippen LogP contribution in [-0.2, 0) is 0 Å². The number of aliphatic hydroxyl groups is 1. The first kappa shape index (κ1) is 9.99. The molecule has 0 saturated carbocycles. The molecule has 0 aliphatic carbocycles. The van der Waals surface area contributed by atoms with E-state index in [1.165, 1.54) is 6.07 Å². The van der Waals surface area contributed by atoms with Crippen LogP contribution in [0.1, 0.15) is 18.1 Å². The van der Waals surface area contributed by atoms with Gasteiger partial charge in [-0.05, 0) is 29.9 Å². The second kappa shape index (κ2) is 4.32. The molecule has 14 heavy (non-hydrogen) atoms. The lowest BCUT2D eigenvalue weighted by Crippen LogP contribution is -2.13. The van der Waals surface area contributed by atoms with Crippen LogP contribution in [0.2, 0.25) is 0 Å². The summed E-state index contributed by atoms with van der Waals surface area (Å²) in [6, 6.07) is 6.49. The molecule has 1 nitrogen and oxygen atoms in total. The van der Waals surface area contributed by atoms with Crippen molar-refractivity contribution in [3.8, 4) is 0 Å². The summed E-state index contributed by atoms with van der Waals surface area (Å²) in [5, 5.41) is 9.95. The maximum absolute atomic E-state index is 13.3.